The van der Waals surface area contributed by atoms with Gasteiger partial charge >= 0.3 is 6.18 Å². The van der Waals surface area contributed by atoms with Crippen LogP contribution in [0.3, 0.4) is 0 Å². The van der Waals surface area contributed by atoms with Crippen LogP contribution < -0.4 is 4.90 Å². The summed E-state index contributed by atoms with van der Waals surface area (Å²) in [5.41, 5.74) is 0.993. The highest BCUT2D eigenvalue weighted by Gasteiger charge is 2.33. The van der Waals surface area contributed by atoms with Crippen LogP contribution in [0, 0.1) is 5.92 Å². The van der Waals surface area contributed by atoms with Crippen LogP contribution in [0.5, 0.6) is 0 Å². The van der Waals surface area contributed by atoms with Gasteiger partial charge in [-0.1, -0.05) is 29.8 Å². The Morgan fingerprint density at radius 2 is 1.88 bits per heavy atom. The number of alkyl halides is 3. The minimum Gasteiger partial charge on any atom is -0.355 e. The van der Waals surface area contributed by atoms with Crippen molar-refractivity contribution in [2.24, 2.45) is 5.92 Å². The summed E-state index contributed by atoms with van der Waals surface area (Å²) in [4.78, 5) is 20.4. The molecule has 4 rings (SSSR count). The van der Waals surface area contributed by atoms with Crippen LogP contribution in [0.15, 0.2) is 55.0 Å². The number of aromatic nitrogens is 3. The molecule has 0 bridgehead atoms. The van der Waals surface area contributed by atoms with Crippen molar-refractivity contribution in [3.63, 3.8) is 0 Å². The number of hydrogen-bond donors (Lipinski definition) is 0. The second-order valence-corrected chi connectivity index (χ2v) is 8.52. The molecule has 6 nitrogen and oxygen atoms in total. The third kappa shape index (κ3) is 5.30. The molecule has 10 heteroatoms. The molecule has 1 aromatic carbocycles. The molecule has 3 aromatic rings. The first-order valence-electron chi connectivity index (χ1n) is 10.5. The van der Waals surface area contributed by atoms with E-state index in [-0.39, 0.29) is 16.8 Å². The van der Waals surface area contributed by atoms with Crippen LogP contribution in [0.25, 0.3) is 5.69 Å². The maximum Gasteiger partial charge on any atom is 0.417 e. The van der Waals surface area contributed by atoms with E-state index in [1.807, 2.05) is 41.4 Å². The predicted octanol–water partition coefficient (Wildman–Crippen LogP) is 4.81. The maximum atomic E-state index is 13.0. The number of carbonyl (C=O) groups is 1. The first kappa shape index (κ1) is 23.1. The predicted molar refractivity (Wildman–Crippen MR) is 119 cm³/mol. The number of rotatable bonds is 5. The van der Waals surface area contributed by atoms with Crippen LogP contribution >= 0.6 is 11.6 Å². The molecule has 1 amide bonds. The zero-order valence-electron chi connectivity index (χ0n) is 18.0. The number of amides is 1. The normalized spacial score (nSPS) is 15.0. The second kappa shape index (κ2) is 9.43. The minimum atomic E-state index is -4.49. The molecule has 0 unspecified atom stereocenters. The quantitative estimate of drug-likeness (QED) is 0.529. The molecule has 33 heavy (non-hydrogen) atoms. The van der Waals surface area contributed by atoms with Gasteiger partial charge in [0, 0.05) is 50.6 Å². The lowest BCUT2D eigenvalue weighted by Crippen LogP contribution is -2.41. The zero-order chi connectivity index (χ0) is 23.6. The number of hydrogen-bond acceptors (Lipinski definition) is 4. The first-order valence-corrected chi connectivity index (χ1v) is 10.9. The molecule has 1 aliphatic heterocycles. The van der Waals surface area contributed by atoms with Crippen molar-refractivity contribution in [1.82, 2.24) is 19.7 Å². The molecule has 1 fully saturated rings. The molecule has 0 saturated carbocycles. The largest absolute Gasteiger partial charge is 0.417 e. The van der Waals surface area contributed by atoms with Gasteiger partial charge in [0.1, 0.15) is 5.82 Å². The van der Waals surface area contributed by atoms with Crippen LogP contribution in [-0.4, -0.2) is 45.7 Å². The number of anilines is 1. The molecule has 3 heterocycles. The summed E-state index contributed by atoms with van der Waals surface area (Å²) in [5, 5.41) is 4.33. The number of para-hydroxylation sites is 1. The van der Waals surface area contributed by atoms with Gasteiger partial charge in [-0.25, -0.2) is 9.67 Å². The molecule has 0 radical (unpaired) electrons. The van der Waals surface area contributed by atoms with E-state index in [0.29, 0.717) is 38.3 Å². The van der Waals surface area contributed by atoms with E-state index < -0.39 is 11.7 Å². The molecule has 0 atom stereocenters. The average Bonchev–Trinajstić information content (AvgIpc) is 3.27. The monoisotopic (exact) mass is 477 g/mol. The lowest BCUT2D eigenvalue weighted by molar-refractivity contribution is -0.138. The van der Waals surface area contributed by atoms with Gasteiger partial charge in [0.25, 0.3) is 0 Å². The third-order valence-electron chi connectivity index (χ3n) is 5.75. The van der Waals surface area contributed by atoms with Crippen molar-refractivity contribution < 1.29 is 18.0 Å². The molecular formula is C23H23ClF3N5O. The summed E-state index contributed by atoms with van der Waals surface area (Å²) in [6.45, 7) is 1.43. The maximum absolute atomic E-state index is 13.0. The fraction of sp³-hybridized carbons (Fsp3) is 0.348. The lowest BCUT2D eigenvalue weighted by atomic mass is 9.95. The Labute approximate surface area is 194 Å². The number of piperidine rings is 1. The number of benzene rings is 1. The molecule has 0 N–H and O–H groups in total. The number of nitrogens with zero attached hydrogens (tertiary/aromatic N) is 5. The van der Waals surface area contributed by atoms with E-state index in [1.165, 1.54) is 0 Å². The van der Waals surface area contributed by atoms with Gasteiger partial charge < -0.3 is 9.80 Å². The number of pyridine rings is 1. The molecule has 1 saturated heterocycles. The third-order valence-corrected chi connectivity index (χ3v) is 6.02. The van der Waals surface area contributed by atoms with Gasteiger partial charge in [0.2, 0.25) is 5.91 Å². The van der Waals surface area contributed by atoms with Gasteiger partial charge in [-0.05, 0) is 31.0 Å². The summed E-state index contributed by atoms with van der Waals surface area (Å²) in [6.07, 6.45) is 1.10. The van der Waals surface area contributed by atoms with E-state index in [9.17, 15) is 18.0 Å². The number of halogens is 4. The zero-order valence-corrected chi connectivity index (χ0v) is 18.7. The minimum absolute atomic E-state index is 0.0357. The van der Waals surface area contributed by atoms with Crippen molar-refractivity contribution in [3.05, 3.63) is 71.1 Å². The van der Waals surface area contributed by atoms with E-state index in [4.69, 9.17) is 11.6 Å². The summed E-state index contributed by atoms with van der Waals surface area (Å²) < 4.78 is 40.3. The van der Waals surface area contributed by atoms with Crippen LogP contribution in [-0.2, 0) is 17.5 Å². The van der Waals surface area contributed by atoms with Crippen molar-refractivity contribution in [1.29, 1.82) is 0 Å². The van der Waals surface area contributed by atoms with Gasteiger partial charge in [-0.15, -0.1) is 0 Å². The van der Waals surface area contributed by atoms with Gasteiger partial charge in [0.05, 0.1) is 22.5 Å². The van der Waals surface area contributed by atoms with Gasteiger partial charge in [-0.2, -0.15) is 18.3 Å². The fourth-order valence-corrected chi connectivity index (χ4v) is 4.27. The van der Waals surface area contributed by atoms with Crippen LogP contribution in [0.1, 0.15) is 24.0 Å². The Morgan fingerprint density at radius 3 is 2.52 bits per heavy atom. The van der Waals surface area contributed by atoms with Gasteiger partial charge in [0.15, 0.2) is 0 Å². The van der Waals surface area contributed by atoms with Crippen molar-refractivity contribution in [2.75, 3.05) is 25.0 Å². The first-order chi connectivity index (χ1) is 15.7. The molecule has 0 aliphatic carbocycles. The van der Waals surface area contributed by atoms with Crippen molar-refractivity contribution in [2.45, 2.75) is 25.6 Å². The standard InChI is InChI=1S/C23H23ClF3N5O/c1-30(14-16-12-29-32(15-16)19-5-3-2-4-6-19)22(33)17-7-9-31(10-8-17)21-20(24)11-18(13-28-21)23(25,26)27/h2-6,11-13,15,17H,7-10,14H2,1H3. The van der Waals surface area contributed by atoms with Crippen LogP contribution in [0.4, 0.5) is 19.0 Å². The Hall–Kier alpha value is -3.07. The second-order valence-electron chi connectivity index (χ2n) is 8.11. The van der Waals surface area contributed by atoms with E-state index >= 15 is 0 Å². The van der Waals surface area contributed by atoms with Crippen molar-refractivity contribution in [3.8, 4) is 5.69 Å². The summed E-state index contributed by atoms with van der Waals surface area (Å²) in [6, 6.07) is 10.6. The Balaban J connectivity index is 1.33. The summed E-state index contributed by atoms with van der Waals surface area (Å²) in [7, 11) is 1.77. The molecule has 0 spiro atoms. The molecule has 1 aliphatic rings. The van der Waals surface area contributed by atoms with E-state index in [0.717, 1.165) is 23.5 Å². The SMILES string of the molecule is CN(Cc1cnn(-c2ccccc2)c1)C(=O)C1CCN(c2ncc(C(F)(F)F)cc2Cl)CC1. The average molecular weight is 478 g/mol. The highest BCUT2D eigenvalue weighted by molar-refractivity contribution is 6.33. The smallest absolute Gasteiger partial charge is 0.355 e. The molecule has 2 aromatic heterocycles. The highest BCUT2D eigenvalue weighted by atomic mass is 35.5. The molecule has 174 valence electrons. The van der Waals surface area contributed by atoms with Crippen LogP contribution in [0.2, 0.25) is 5.02 Å². The Kier molecular flexibility index (Phi) is 6.60. The highest BCUT2D eigenvalue weighted by Crippen LogP contribution is 2.34. The van der Waals surface area contributed by atoms with Gasteiger partial charge in [-0.3, -0.25) is 4.79 Å². The Morgan fingerprint density at radius 1 is 1.18 bits per heavy atom. The Bertz CT molecular complexity index is 1110. The lowest BCUT2D eigenvalue weighted by Gasteiger charge is -2.34. The molecular weight excluding hydrogens is 455 g/mol. The fourth-order valence-electron chi connectivity index (χ4n) is 3.98. The van der Waals surface area contributed by atoms with Crippen molar-refractivity contribution >= 4 is 23.3 Å². The summed E-state index contributed by atoms with van der Waals surface area (Å²) in [5.74, 6) is 0.189. The van der Waals surface area contributed by atoms with E-state index in [2.05, 4.69) is 10.1 Å². The summed E-state index contributed by atoms with van der Waals surface area (Å²) >= 11 is 6.07. The topological polar surface area (TPSA) is 54.3 Å². The van der Waals surface area contributed by atoms with E-state index in [1.54, 1.807) is 22.8 Å². The number of carbonyl (C=O) groups excluding carboxylic acids is 1.